The highest BCUT2D eigenvalue weighted by Crippen LogP contribution is 2.26. The van der Waals surface area contributed by atoms with Crippen LogP contribution >= 0.6 is 0 Å². The van der Waals surface area contributed by atoms with Crippen LogP contribution in [0.4, 0.5) is 0 Å². The molecule has 0 N–H and O–H groups in total. The molecule has 4 aromatic carbocycles. The Hall–Kier alpha value is -5.76. The summed E-state index contributed by atoms with van der Waals surface area (Å²) in [7, 11) is 0. The summed E-state index contributed by atoms with van der Waals surface area (Å²) in [6.07, 6.45) is 3.69. The number of ether oxygens (including phenoxy) is 2. The summed E-state index contributed by atoms with van der Waals surface area (Å²) in [5, 5.41) is 0. The van der Waals surface area contributed by atoms with Gasteiger partial charge in [-0.15, -0.1) is 0 Å². The van der Waals surface area contributed by atoms with Gasteiger partial charge in [0.05, 0.1) is 12.2 Å². The summed E-state index contributed by atoms with van der Waals surface area (Å²) in [5.41, 5.74) is 3.93. The molecule has 0 fully saturated rings. The maximum Gasteiger partial charge on any atom is 0.278 e. The van der Waals surface area contributed by atoms with E-state index in [-0.39, 0.29) is 37.1 Å². The van der Waals surface area contributed by atoms with Crippen molar-refractivity contribution in [3.8, 4) is 11.5 Å². The SMILES string of the molecule is CC(C)Oc1ccc(/C=C2\N=C(c3ccccc3)N(CCN3C(=O)/C(=C\c4ccc(OC(C)C)cc4)N=C3c3ccccc3)C2=O)cc1. The Morgan fingerprint density at radius 3 is 1.23 bits per heavy atom. The van der Waals surface area contributed by atoms with E-state index in [2.05, 4.69) is 0 Å². The minimum absolute atomic E-state index is 0.0647. The van der Waals surface area contributed by atoms with Crippen LogP contribution in [0.3, 0.4) is 0 Å². The Balaban J connectivity index is 1.27. The zero-order chi connectivity index (χ0) is 33.6. The third-order valence-corrected chi connectivity index (χ3v) is 7.61. The van der Waals surface area contributed by atoms with Crippen LogP contribution in [0.25, 0.3) is 12.2 Å². The Morgan fingerprint density at radius 1 is 0.542 bits per heavy atom. The molecule has 2 heterocycles. The molecule has 0 bridgehead atoms. The molecule has 0 radical (unpaired) electrons. The Labute approximate surface area is 281 Å². The largest absolute Gasteiger partial charge is 0.491 e. The maximum atomic E-state index is 13.9. The number of amidine groups is 2. The van der Waals surface area contributed by atoms with Crippen molar-refractivity contribution in [2.45, 2.75) is 39.9 Å². The molecule has 242 valence electrons. The zero-order valence-corrected chi connectivity index (χ0v) is 27.5. The average molecular weight is 639 g/mol. The van der Waals surface area contributed by atoms with E-state index in [9.17, 15) is 9.59 Å². The van der Waals surface area contributed by atoms with Crippen LogP contribution in [0.5, 0.6) is 11.5 Å². The fourth-order valence-corrected chi connectivity index (χ4v) is 5.48. The van der Waals surface area contributed by atoms with Gasteiger partial charge < -0.3 is 9.47 Å². The molecule has 2 aliphatic heterocycles. The van der Waals surface area contributed by atoms with Crippen molar-refractivity contribution in [2.24, 2.45) is 9.98 Å². The van der Waals surface area contributed by atoms with Crippen molar-refractivity contribution in [3.63, 3.8) is 0 Å². The van der Waals surface area contributed by atoms with Crippen LogP contribution in [0.2, 0.25) is 0 Å². The summed E-state index contributed by atoms with van der Waals surface area (Å²) in [4.78, 5) is 40.7. The number of rotatable bonds is 11. The van der Waals surface area contributed by atoms with E-state index in [0.29, 0.717) is 23.1 Å². The number of nitrogens with zero attached hydrogens (tertiary/aromatic N) is 4. The van der Waals surface area contributed by atoms with Gasteiger partial charge in [0.25, 0.3) is 11.8 Å². The molecule has 2 aliphatic rings. The zero-order valence-electron chi connectivity index (χ0n) is 27.5. The molecule has 0 aromatic heterocycles. The summed E-state index contributed by atoms with van der Waals surface area (Å²) in [5.74, 6) is 2.13. The number of aliphatic imine (C=N–C) groups is 2. The smallest absolute Gasteiger partial charge is 0.278 e. The quantitative estimate of drug-likeness (QED) is 0.163. The lowest BCUT2D eigenvalue weighted by Gasteiger charge is -2.23. The molecular weight excluding hydrogens is 600 g/mol. The van der Waals surface area contributed by atoms with Gasteiger partial charge in [-0.05, 0) is 75.2 Å². The number of hydrogen-bond acceptors (Lipinski definition) is 6. The molecule has 0 saturated heterocycles. The predicted molar refractivity (Wildman–Crippen MR) is 190 cm³/mol. The van der Waals surface area contributed by atoms with E-state index in [1.54, 1.807) is 22.0 Å². The van der Waals surface area contributed by atoms with E-state index < -0.39 is 0 Å². The van der Waals surface area contributed by atoms with Gasteiger partial charge in [0, 0.05) is 24.2 Å². The fraction of sp³-hybridized carbons (Fsp3) is 0.200. The van der Waals surface area contributed by atoms with Gasteiger partial charge in [-0.2, -0.15) is 0 Å². The molecule has 0 atom stereocenters. The van der Waals surface area contributed by atoms with Gasteiger partial charge in [0.1, 0.15) is 34.6 Å². The molecule has 0 unspecified atom stereocenters. The van der Waals surface area contributed by atoms with Crippen molar-refractivity contribution >= 4 is 35.6 Å². The minimum atomic E-state index is -0.235. The number of carbonyl (C=O) groups is 2. The summed E-state index contributed by atoms with van der Waals surface area (Å²) < 4.78 is 11.5. The number of amides is 2. The normalized spacial score (nSPS) is 16.4. The lowest BCUT2D eigenvalue weighted by Crippen LogP contribution is -2.42. The highest BCUT2D eigenvalue weighted by atomic mass is 16.5. The van der Waals surface area contributed by atoms with Crippen molar-refractivity contribution in [1.82, 2.24) is 9.80 Å². The fourth-order valence-electron chi connectivity index (χ4n) is 5.48. The van der Waals surface area contributed by atoms with Gasteiger partial charge in [-0.25, -0.2) is 9.98 Å². The molecule has 0 saturated carbocycles. The average Bonchev–Trinajstić information content (AvgIpc) is 3.56. The van der Waals surface area contributed by atoms with Crippen LogP contribution in [0, 0.1) is 0 Å². The highest BCUT2D eigenvalue weighted by Gasteiger charge is 2.35. The first-order chi connectivity index (χ1) is 23.2. The molecule has 8 nitrogen and oxygen atoms in total. The lowest BCUT2D eigenvalue weighted by atomic mass is 10.1. The molecule has 4 aromatic rings. The van der Waals surface area contributed by atoms with Crippen LogP contribution in [0.15, 0.2) is 131 Å². The predicted octanol–water partition coefficient (Wildman–Crippen LogP) is 7.22. The first kappa shape index (κ1) is 32.2. The summed E-state index contributed by atoms with van der Waals surface area (Å²) >= 11 is 0. The van der Waals surface area contributed by atoms with E-state index in [1.165, 1.54) is 0 Å². The Morgan fingerprint density at radius 2 is 0.896 bits per heavy atom. The molecule has 8 heteroatoms. The van der Waals surface area contributed by atoms with Crippen LogP contribution in [-0.4, -0.2) is 58.6 Å². The third-order valence-electron chi connectivity index (χ3n) is 7.61. The first-order valence-electron chi connectivity index (χ1n) is 16.1. The lowest BCUT2D eigenvalue weighted by molar-refractivity contribution is -0.125. The monoisotopic (exact) mass is 638 g/mol. The van der Waals surface area contributed by atoms with Gasteiger partial charge >= 0.3 is 0 Å². The van der Waals surface area contributed by atoms with Gasteiger partial charge in [-0.3, -0.25) is 19.4 Å². The maximum absolute atomic E-state index is 13.9. The summed E-state index contributed by atoms with van der Waals surface area (Å²) in [6.45, 7) is 8.35. The van der Waals surface area contributed by atoms with Crippen LogP contribution < -0.4 is 9.47 Å². The van der Waals surface area contributed by atoms with Crippen LogP contribution in [0.1, 0.15) is 49.9 Å². The van der Waals surface area contributed by atoms with Crippen molar-refractivity contribution in [2.75, 3.05) is 13.1 Å². The standard InChI is InChI=1S/C40H38N4O4/c1-27(2)47-33-19-15-29(16-20-33)25-35-39(45)43(37(41-35)31-11-7-5-8-12-31)23-24-44-38(32-13-9-6-10-14-32)42-36(40(44)46)26-30-17-21-34(22-18-30)48-28(3)4/h5-22,25-28H,23-24H2,1-4H3/b35-25-,36-26+. The molecule has 48 heavy (non-hydrogen) atoms. The topological polar surface area (TPSA) is 83.8 Å². The van der Waals surface area contributed by atoms with Gasteiger partial charge in [0.15, 0.2) is 0 Å². The van der Waals surface area contributed by atoms with E-state index in [0.717, 1.165) is 33.8 Å². The Bertz CT molecular complexity index is 1750. The molecule has 0 spiro atoms. The van der Waals surface area contributed by atoms with E-state index in [4.69, 9.17) is 19.5 Å². The Kier molecular flexibility index (Phi) is 9.62. The minimum Gasteiger partial charge on any atom is -0.491 e. The van der Waals surface area contributed by atoms with Crippen molar-refractivity contribution < 1.29 is 19.1 Å². The first-order valence-corrected chi connectivity index (χ1v) is 16.1. The second kappa shape index (κ2) is 14.3. The molecule has 6 rings (SSSR count). The van der Waals surface area contributed by atoms with E-state index >= 15 is 0 Å². The summed E-state index contributed by atoms with van der Waals surface area (Å²) in [6, 6.07) is 34.4. The highest BCUT2D eigenvalue weighted by molar-refractivity contribution is 6.21. The van der Waals surface area contributed by atoms with Gasteiger partial charge in [-0.1, -0.05) is 84.9 Å². The second-order valence-electron chi connectivity index (χ2n) is 12.0. The third kappa shape index (κ3) is 7.44. The number of benzene rings is 4. The molecule has 2 amide bonds. The van der Waals surface area contributed by atoms with Crippen molar-refractivity contribution in [3.05, 3.63) is 143 Å². The molecule has 0 aliphatic carbocycles. The second-order valence-corrected chi connectivity index (χ2v) is 12.0. The van der Waals surface area contributed by atoms with E-state index in [1.807, 2.05) is 137 Å². The van der Waals surface area contributed by atoms with Crippen LogP contribution in [-0.2, 0) is 9.59 Å². The van der Waals surface area contributed by atoms with Gasteiger partial charge in [0.2, 0.25) is 0 Å². The van der Waals surface area contributed by atoms with Crippen molar-refractivity contribution in [1.29, 1.82) is 0 Å². The number of carbonyl (C=O) groups excluding carboxylic acids is 2. The number of hydrogen-bond donors (Lipinski definition) is 0. The molecular formula is C40H38N4O4.